The van der Waals surface area contributed by atoms with Gasteiger partial charge in [0.1, 0.15) is 11.5 Å². The maximum Gasteiger partial charge on any atom is 0.195 e. The van der Waals surface area contributed by atoms with Crippen LogP contribution in [-0.4, -0.2) is 29.1 Å². The van der Waals surface area contributed by atoms with Crippen LogP contribution in [0.4, 0.5) is 0 Å². The van der Waals surface area contributed by atoms with Crippen molar-refractivity contribution in [2.45, 2.75) is 26.3 Å². The predicted molar refractivity (Wildman–Crippen MR) is 97.5 cm³/mol. The van der Waals surface area contributed by atoms with Gasteiger partial charge in [-0.25, -0.2) is 4.98 Å². The van der Waals surface area contributed by atoms with E-state index in [1.807, 2.05) is 53.1 Å². The lowest BCUT2D eigenvalue weighted by Gasteiger charge is -2.09. The van der Waals surface area contributed by atoms with Gasteiger partial charge in [0.25, 0.3) is 0 Å². The first-order valence-corrected chi connectivity index (χ1v) is 8.42. The highest BCUT2D eigenvalue weighted by atomic mass is 16.5. The molecule has 0 saturated heterocycles. The standard InChI is InChI=1S/C20H22N2O3/c1-15(23)20-21-18-7-3-4-8-19(18)22(20)13-5-6-14-25-17-11-9-16(24-2)10-12-17/h3-4,7-12H,5-6,13-14H2,1-2H3. The number of hydrogen-bond donors (Lipinski definition) is 0. The largest absolute Gasteiger partial charge is 0.497 e. The number of hydrogen-bond acceptors (Lipinski definition) is 4. The molecule has 0 spiro atoms. The fourth-order valence-electron chi connectivity index (χ4n) is 2.80. The number of para-hydroxylation sites is 2. The van der Waals surface area contributed by atoms with Gasteiger partial charge in [-0.15, -0.1) is 0 Å². The lowest BCUT2D eigenvalue weighted by molar-refractivity contribution is 0.0999. The number of imidazole rings is 1. The van der Waals surface area contributed by atoms with Gasteiger partial charge in [0.05, 0.1) is 24.8 Å². The molecule has 0 aliphatic rings. The number of nitrogens with zero attached hydrogens (tertiary/aromatic N) is 2. The minimum atomic E-state index is -0.00863. The minimum absolute atomic E-state index is 0.00863. The van der Waals surface area contributed by atoms with E-state index in [0.717, 1.165) is 41.9 Å². The fourth-order valence-corrected chi connectivity index (χ4v) is 2.80. The molecule has 25 heavy (non-hydrogen) atoms. The van der Waals surface area contributed by atoms with Gasteiger partial charge >= 0.3 is 0 Å². The molecule has 0 radical (unpaired) electrons. The van der Waals surface area contributed by atoms with Crippen molar-refractivity contribution in [3.8, 4) is 11.5 Å². The number of carbonyl (C=O) groups is 1. The van der Waals surface area contributed by atoms with Gasteiger partial charge in [-0.1, -0.05) is 12.1 Å². The van der Waals surface area contributed by atoms with Crippen molar-refractivity contribution in [3.63, 3.8) is 0 Å². The third-order valence-corrected chi connectivity index (χ3v) is 4.07. The number of benzene rings is 2. The number of ether oxygens (including phenoxy) is 2. The summed E-state index contributed by atoms with van der Waals surface area (Å²) < 4.78 is 12.9. The Labute approximate surface area is 147 Å². The summed E-state index contributed by atoms with van der Waals surface area (Å²) in [5.74, 6) is 2.16. The van der Waals surface area contributed by atoms with Crippen molar-refractivity contribution in [2.75, 3.05) is 13.7 Å². The molecule has 2 aromatic carbocycles. The molecule has 0 fully saturated rings. The molecule has 1 aromatic heterocycles. The summed E-state index contributed by atoms with van der Waals surface area (Å²) in [6, 6.07) is 15.4. The molecule has 0 unspecified atom stereocenters. The Balaban J connectivity index is 1.56. The number of fused-ring (bicyclic) bond motifs is 1. The minimum Gasteiger partial charge on any atom is -0.497 e. The monoisotopic (exact) mass is 338 g/mol. The Hall–Kier alpha value is -2.82. The van der Waals surface area contributed by atoms with Crippen LogP contribution < -0.4 is 9.47 Å². The maximum absolute atomic E-state index is 11.8. The van der Waals surface area contributed by atoms with E-state index in [0.29, 0.717) is 12.4 Å². The molecule has 0 saturated carbocycles. The van der Waals surface area contributed by atoms with Crippen molar-refractivity contribution in [1.82, 2.24) is 9.55 Å². The summed E-state index contributed by atoms with van der Waals surface area (Å²) in [4.78, 5) is 16.3. The summed E-state index contributed by atoms with van der Waals surface area (Å²) >= 11 is 0. The van der Waals surface area contributed by atoms with Crippen LogP contribution in [0.15, 0.2) is 48.5 Å². The zero-order valence-corrected chi connectivity index (χ0v) is 14.6. The van der Waals surface area contributed by atoms with E-state index >= 15 is 0 Å². The van der Waals surface area contributed by atoms with Crippen molar-refractivity contribution >= 4 is 16.8 Å². The second-order valence-electron chi connectivity index (χ2n) is 5.86. The summed E-state index contributed by atoms with van der Waals surface area (Å²) in [6.07, 6.45) is 1.81. The average molecular weight is 338 g/mol. The van der Waals surface area contributed by atoms with Crippen LogP contribution in [0, 0.1) is 0 Å². The van der Waals surface area contributed by atoms with Gasteiger partial charge in [-0.2, -0.15) is 0 Å². The molecular formula is C20H22N2O3. The van der Waals surface area contributed by atoms with Gasteiger partial charge in [0.15, 0.2) is 11.6 Å². The number of aromatic nitrogens is 2. The summed E-state index contributed by atoms with van der Waals surface area (Å²) in [5.41, 5.74) is 1.87. The SMILES string of the molecule is COc1ccc(OCCCCn2c(C(C)=O)nc3ccccc32)cc1. The smallest absolute Gasteiger partial charge is 0.195 e. The van der Waals surface area contributed by atoms with Crippen LogP contribution in [0.1, 0.15) is 30.4 Å². The van der Waals surface area contributed by atoms with E-state index in [1.165, 1.54) is 0 Å². The molecule has 0 N–H and O–H groups in total. The van der Waals surface area contributed by atoms with Crippen LogP contribution in [0.2, 0.25) is 0 Å². The van der Waals surface area contributed by atoms with Gasteiger partial charge in [-0.05, 0) is 49.2 Å². The summed E-state index contributed by atoms with van der Waals surface area (Å²) in [7, 11) is 1.64. The van der Waals surface area contributed by atoms with Gasteiger partial charge < -0.3 is 14.0 Å². The second kappa shape index (κ2) is 7.83. The van der Waals surface area contributed by atoms with Crippen LogP contribution >= 0.6 is 0 Å². The number of Topliss-reactive ketones (excluding diaryl/α,β-unsaturated/α-hetero) is 1. The van der Waals surface area contributed by atoms with Crippen LogP contribution in [0.5, 0.6) is 11.5 Å². The highest BCUT2D eigenvalue weighted by Gasteiger charge is 2.13. The van der Waals surface area contributed by atoms with Gasteiger partial charge in [0.2, 0.25) is 0 Å². The summed E-state index contributed by atoms with van der Waals surface area (Å²) in [5, 5.41) is 0. The van der Waals surface area contributed by atoms with E-state index in [2.05, 4.69) is 4.98 Å². The van der Waals surface area contributed by atoms with Crippen molar-refractivity contribution in [2.24, 2.45) is 0 Å². The molecule has 0 aliphatic carbocycles. The van der Waals surface area contributed by atoms with E-state index in [4.69, 9.17) is 9.47 Å². The molecule has 0 bridgehead atoms. The molecule has 0 aliphatic heterocycles. The fraction of sp³-hybridized carbons (Fsp3) is 0.300. The summed E-state index contributed by atoms with van der Waals surface area (Å²) in [6.45, 7) is 2.94. The average Bonchev–Trinajstić information content (AvgIpc) is 3.01. The molecule has 5 heteroatoms. The van der Waals surface area contributed by atoms with Gasteiger partial charge in [0, 0.05) is 13.5 Å². The van der Waals surface area contributed by atoms with Crippen molar-refractivity contribution < 1.29 is 14.3 Å². The highest BCUT2D eigenvalue weighted by Crippen LogP contribution is 2.19. The first-order chi connectivity index (χ1) is 12.2. The number of unbranched alkanes of at least 4 members (excludes halogenated alkanes) is 1. The third-order valence-electron chi connectivity index (χ3n) is 4.07. The Kier molecular flexibility index (Phi) is 5.33. The quantitative estimate of drug-likeness (QED) is 0.458. The zero-order chi connectivity index (χ0) is 17.6. The number of aryl methyl sites for hydroxylation is 1. The van der Waals surface area contributed by atoms with Crippen LogP contribution in [-0.2, 0) is 6.54 Å². The number of rotatable bonds is 8. The molecule has 1 heterocycles. The topological polar surface area (TPSA) is 53.4 Å². The first-order valence-electron chi connectivity index (χ1n) is 8.42. The molecule has 3 aromatic rings. The molecule has 3 rings (SSSR count). The number of methoxy groups -OCH3 is 1. The Morgan fingerprint density at radius 1 is 1.04 bits per heavy atom. The Bertz CT molecular complexity index is 853. The molecule has 130 valence electrons. The normalized spacial score (nSPS) is 10.8. The van der Waals surface area contributed by atoms with E-state index in [-0.39, 0.29) is 5.78 Å². The van der Waals surface area contributed by atoms with E-state index in [9.17, 15) is 4.79 Å². The lowest BCUT2D eigenvalue weighted by Crippen LogP contribution is -2.09. The van der Waals surface area contributed by atoms with Crippen LogP contribution in [0.25, 0.3) is 11.0 Å². The van der Waals surface area contributed by atoms with Crippen molar-refractivity contribution in [3.05, 3.63) is 54.4 Å². The number of ketones is 1. The van der Waals surface area contributed by atoms with E-state index in [1.54, 1.807) is 14.0 Å². The Morgan fingerprint density at radius 3 is 2.48 bits per heavy atom. The predicted octanol–water partition coefficient (Wildman–Crippen LogP) is 4.11. The second-order valence-corrected chi connectivity index (χ2v) is 5.86. The van der Waals surface area contributed by atoms with E-state index < -0.39 is 0 Å². The Morgan fingerprint density at radius 2 is 1.76 bits per heavy atom. The molecule has 0 amide bonds. The first kappa shape index (κ1) is 17.0. The zero-order valence-electron chi connectivity index (χ0n) is 14.6. The van der Waals surface area contributed by atoms with Crippen LogP contribution in [0.3, 0.4) is 0 Å². The lowest BCUT2D eigenvalue weighted by atomic mass is 10.3. The molecule has 5 nitrogen and oxygen atoms in total. The molecular weight excluding hydrogens is 316 g/mol. The maximum atomic E-state index is 11.8. The van der Waals surface area contributed by atoms with Gasteiger partial charge in [-0.3, -0.25) is 4.79 Å². The third kappa shape index (κ3) is 3.99. The highest BCUT2D eigenvalue weighted by molar-refractivity contribution is 5.94. The number of carbonyl (C=O) groups excluding carboxylic acids is 1. The molecule has 0 atom stereocenters. The van der Waals surface area contributed by atoms with Crippen molar-refractivity contribution in [1.29, 1.82) is 0 Å².